The second kappa shape index (κ2) is 8.08. The molecule has 6 heteroatoms. The minimum absolute atomic E-state index is 0.364. The van der Waals surface area contributed by atoms with Gasteiger partial charge in [-0.3, -0.25) is 4.79 Å². The van der Waals surface area contributed by atoms with Crippen LogP contribution in [-0.4, -0.2) is 34.9 Å². The molecule has 2 unspecified atom stereocenters. The molecule has 2 atom stereocenters. The zero-order valence-electron chi connectivity index (χ0n) is 13.4. The first kappa shape index (κ1) is 18.4. The van der Waals surface area contributed by atoms with Gasteiger partial charge in [0.25, 0.3) is 5.91 Å². The van der Waals surface area contributed by atoms with Gasteiger partial charge in [0.2, 0.25) is 0 Å². The third kappa shape index (κ3) is 4.94. The van der Waals surface area contributed by atoms with Crippen molar-refractivity contribution in [2.24, 2.45) is 0 Å². The summed E-state index contributed by atoms with van der Waals surface area (Å²) in [5.41, 5.74) is -1.27. The molecule has 2 N–H and O–H groups in total. The van der Waals surface area contributed by atoms with E-state index in [9.17, 15) is 14.7 Å². The van der Waals surface area contributed by atoms with Crippen LogP contribution in [0.3, 0.4) is 0 Å². The Morgan fingerprint density at radius 1 is 1.36 bits per heavy atom. The van der Waals surface area contributed by atoms with E-state index in [1.54, 1.807) is 30.8 Å². The molecule has 0 saturated carbocycles. The van der Waals surface area contributed by atoms with Gasteiger partial charge in [0.1, 0.15) is 11.3 Å². The first-order chi connectivity index (χ1) is 10.3. The van der Waals surface area contributed by atoms with Crippen molar-refractivity contribution >= 4 is 23.6 Å². The first-order valence-corrected chi connectivity index (χ1v) is 8.41. The Hall–Kier alpha value is -1.69. The molecule has 0 spiro atoms. The van der Waals surface area contributed by atoms with Gasteiger partial charge in [-0.05, 0) is 50.8 Å². The third-order valence-electron chi connectivity index (χ3n) is 3.36. The van der Waals surface area contributed by atoms with Crippen molar-refractivity contribution in [2.75, 3.05) is 6.26 Å². The number of rotatable bonds is 8. The summed E-state index contributed by atoms with van der Waals surface area (Å²) in [6, 6.07) is 7.39. The molecule has 1 aromatic rings. The minimum atomic E-state index is -1.27. The van der Waals surface area contributed by atoms with Gasteiger partial charge >= 0.3 is 5.97 Å². The number of carboxylic acids is 1. The van der Waals surface area contributed by atoms with Crippen LogP contribution in [0.2, 0.25) is 0 Å². The average molecular weight is 325 g/mol. The predicted octanol–water partition coefficient (Wildman–Crippen LogP) is 2.94. The van der Waals surface area contributed by atoms with Gasteiger partial charge in [-0.25, -0.2) is 4.79 Å². The lowest BCUT2D eigenvalue weighted by Gasteiger charge is -2.27. The van der Waals surface area contributed by atoms with E-state index in [0.29, 0.717) is 18.6 Å². The summed E-state index contributed by atoms with van der Waals surface area (Å²) >= 11 is 1.62. The number of nitrogens with one attached hydrogen (secondary N) is 1. The van der Waals surface area contributed by atoms with Gasteiger partial charge in [-0.1, -0.05) is 13.3 Å². The molecular weight excluding hydrogens is 302 g/mol. The highest BCUT2D eigenvalue weighted by atomic mass is 32.2. The smallest absolute Gasteiger partial charge is 0.329 e. The minimum Gasteiger partial charge on any atom is -0.481 e. The number of hydrogen-bond acceptors (Lipinski definition) is 4. The number of benzene rings is 1. The topological polar surface area (TPSA) is 75.6 Å². The Balaban J connectivity index is 2.69. The number of hydrogen-bond donors (Lipinski definition) is 2. The summed E-state index contributed by atoms with van der Waals surface area (Å²) in [4.78, 5) is 24.6. The van der Waals surface area contributed by atoms with Gasteiger partial charge in [-0.2, -0.15) is 0 Å². The lowest BCUT2D eigenvalue weighted by Crippen LogP contribution is -2.55. The van der Waals surface area contributed by atoms with E-state index in [-0.39, 0.29) is 0 Å². The highest BCUT2D eigenvalue weighted by molar-refractivity contribution is 7.98. The van der Waals surface area contributed by atoms with Crippen LogP contribution in [0.4, 0.5) is 0 Å². The maximum Gasteiger partial charge on any atom is 0.329 e. The highest BCUT2D eigenvalue weighted by Crippen LogP contribution is 2.20. The van der Waals surface area contributed by atoms with Crippen molar-refractivity contribution in [1.82, 2.24) is 5.32 Å². The molecule has 1 rings (SSSR count). The Morgan fingerprint density at radius 2 is 1.95 bits per heavy atom. The van der Waals surface area contributed by atoms with Crippen molar-refractivity contribution in [1.29, 1.82) is 0 Å². The van der Waals surface area contributed by atoms with Crippen LogP contribution in [-0.2, 0) is 9.59 Å². The zero-order chi connectivity index (χ0) is 16.8. The van der Waals surface area contributed by atoms with Gasteiger partial charge in [-0.15, -0.1) is 11.8 Å². The molecule has 0 fully saturated rings. The molecule has 1 aromatic carbocycles. The number of ether oxygens (including phenoxy) is 1. The van der Waals surface area contributed by atoms with Crippen LogP contribution in [0.5, 0.6) is 5.75 Å². The van der Waals surface area contributed by atoms with Crippen LogP contribution in [0.1, 0.15) is 33.6 Å². The number of amides is 1. The van der Waals surface area contributed by atoms with Crippen molar-refractivity contribution in [3.05, 3.63) is 24.3 Å². The van der Waals surface area contributed by atoms with Gasteiger partial charge in [0.15, 0.2) is 6.10 Å². The molecule has 1 amide bonds. The molecule has 0 aliphatic heterocycles. The molecule has 0 aliphatic carbocycles. The molecule has 0 aliphatic rings. The van der Waals surface area contributed by atoms with Crippen LogP contribution in [0.15, 0.2) is 29.2 Å². The second-order valence-electron chi connectivity index (χ2n) is 5.31. The van der Waals surface area contributed by atoms with E-state index in [1.807, 2.05) is 25.3 Å². The fraction of sp³-hybridized carbons (Fsp3) is 0.500. The molecule has 5 nitrogen and oxygen atoms in total. The van der Waals surface area contributed by atoms with Crippen molar-refractivity contribution in [3.8, 4) is 5.75 Å². The fourth-order valence-corrected chi connectivity index (χ4v) is 2.42. The Bertz CT molecular complexity index is 517. The number of aliphatic carboxylic acids is 1. The van der Waals surface area contributed by atoms with Crippen LogP contribution < -0.4 is 10.1 Å². The molecule has 0 heterocycles. The number of carboxylic acid groups (broad SMARTS) is 1. The summed E-state index contributed by atoms with van der Waals surface area (Å²) in [5, 5.41) is 11.9. The van der Waals surface area contributed by atoms with Crippen LogP contribution in [0, 0.1) is 0 Å². The Kier molecular flexibility index (Phi) is 6.74. The van der Waals surface area contributed by atoms with E-state index < -0.39 is 23.5 Å². The summed E-state index contributed by atoms with van der Waals surface area (Å²) in [6.45, 7) is 4.99. The monoisotopic (exact) mass is 325 g/mol. The lowest BCUT2D eigenvalue weighted by atomic mass is 9.96. The maximum atomic E-state index is 12.2. The summed E-state index contributed by atoms with van der Waals surface area (Å²) in [6.07, 6.45) is 2.24. The maximum absolute atomic E-state index is 12.2. The Morgan fingerprint density at radius 3 is 2.41 bits per heavy atom. The molecule has 0 radical (unpaired) electrons. The molecule has 0 bridgehead atoms. The number of carbonyl (C=O) groups excluding carboxylic acids is 1. The van der Waals surface area contributed by atoms with Crippen molar-refractivity contribution in [3.63, 3.8) is 0 Å². The van der Waals surface area contributed by atoms with Gasteiger partial charge in [0.05, 0.1) is 0 Å². The van der Waals surface area contributed by atoms with Crippen molar-refractivity contribution < 1.29 is 19.4 Å². The normalized spacial score (nSPS) is 14.7. The van der Waals surface area contributed by atoms with Gasteiger partial charge in [0, 0.05) is 4.90 Å². The molecule has 0 aromatic heterocycles. The molecule has 122 valence electrons. The zero-order valence-corrected chi connectivity index (χ0v) is 14.2. The molecule has 0 saturated heterocycles. The van der Waals surface area contributed by atoms with Gasteiger partial charge < -0.3 is 15.2 Å². The Labute approximate surface area is 135 Å². The van der Waals surface area contributed by atoms with E-state index in [4.69, 9.17) is 4.74 Å². The van der Waals surface area contributed by atoms with Crippen LogP contribution >= 0.6 is 11.8 Å². The predicted molar refractivity (Wildman–Crippen MR) is 87.4 cm³/mol. The van der Waals surface area contributed by atoms with Crippen LogP contribution in [0.25, 0.3) is 0 Å². The highest BCUT2D eigenvalue weighted by Gasteiger charge is 2.35. The average Bonchev–Trinajstić information content (AvgIpc) is 2.48. The largest absolute Gasteiger partial charge is 0.481 e. The third-order valence-corrected chi connectivity index (χ3v) is 4.11. The first-order valence-electron chi connectivity index (χ1n) is 7.18. The molecular formula is C16H23NO4S. The summed E-state index contributed by atoms with van der Waals surface area (Å²) in [7, 11) is 0. The van der Waals surface area contributed by atoms with E-state index in [2.05, 4.69) is 5.32 Å². The summed E-state index contributed by atoms with van der Waals surface area (Å²) < 4.78 is 5.57. The lowest BCUT2D eigenvalue weighted by molar-refractivity contribution is -0.148. The standard InChI is InChI=1S/C16H23NO4S/c1-5-10-16(3,15(19)20)17-14(18)11(2)21-12-6-8-13(22-4)9-7-12/h6-9,11H,5,10H2,1-4H3,(H,17,18)(H,19,20). The second-order valence-corrected chi connectivity index (χ2v) is 6.19. The number of thioether (sulfide) groups is 1. The van der Waals surface area contributed by atoms with E-state index in [1.165, 1.54) is 6.92 Å². The SMILES string of the molecule is CCCC(C)(NC(=O)C(C)Oc1ccc(SC)cc1)C(=O)O. The van der Waals surface area contributed by atoms with E-state index >= 15 is 0 Å². The molecule has 22 heavy (non-hydrogen) atoms. The van der Waals surface area contributed by atoms with Crippen molar-refractivity contribution in [2.45, 2.75) is 50.2 Å². The summed E-state index contributed by atoms with van der Waals surface area (Å²) in [5.74, 6) is -0.903. The number of carbonyl (C=O) groups is 2. The van der Waals surface area contributed by atoms with E-state index in [0.717, 1.165) is 4.90 Å². The fourth-order valence-electron chi connectivity index (χ4n) is 2.01. The quantitative estimate of drug-likeness (QED) is 0.719.